The molecule has 0 saturated heterocycles. The van der Waals surface area contributed by atoms with Crippen molar-refractivity contribution in [1.82, 2.24) is 0 Å². The Morgan fingerprint density at radius 2 is 1.75 bits per heavy atom. The smallest absolute Gasteiger partial charge is 0.0437 e. The minimum atomic E-state index is 0.844. The maximum absolute atomic E-state index is 5.61. The lowest BCUT2D eigenvalue weighted by Crippen LogP contribution is -1.84. The van der Waals surface area contributed by atoms with E-state index in [1.165, 1.54) is 0 Å². The molecule has 4 nitrogen and oxygen atoms in total. The molecular weight excluding hydrogens is 106 g/mol. The lowest BCUT2D eigenvalue weighted by molar-refractivity contribution is 0.162. The second-order valence-corrected chi connectivity index (χ2v) is 0.911. The van der Waals surface area contributed by atoms with Crippen molar-refractivity contribution in [2.45, 2.75) is 13.8 Å². The fourth-order valence-electron chi connectivity index (χ4n) is 0.204. The minimum Gasteiger partial charge on any atom is -0.382 e. The fraction of sp³-hybridized carbons (Fsp3) is 1.00. The predicted molar refractivity (Wildman–Crippen MR) is 31.5 cm³/mol. The van der Waals surface area contributed by atoms with E-state index in [9.17, 15) is 0 Å². The van der Waals surface area contributed by atoms with Crippen LogP contribution in [0.1, 0.15) is 13.8 Å². The van der Waals surface area contributed by atoms with Crippen LogP contribution in [0.3, 0.4) is 0 Å². The first-order chi connectivity index (χ1) is 3.83. The molecule has 0 bridgehead atoms. The van der Waals surface area contributed by atoms with Gasteiger partial charge in [0.1, 0.15) is 0 Å². The number of nitrogens with one attached hydrogen (secondary N) is 1. The van der Waals surface area contributed by atoms with Crippen molar-refractivity contribution >= 4 is 0 Å². The number of nitrogens with two attached hydrogens (primary N) is 1. The van der Waals surface area contributed by atoms with Gasteiger partial charge in [-0.15, -0.1) is 0 Å². The molecule has 8 heavy (non-hydrogen) atoms. The van der Waals surface area contributed by atoms with Gasteiger partial charge in [-0.25, -0.2) is 0 Å². The summed E-state index contributed by atoms with van der Waals surface area (Å²) < 4.78 is 4.83. The molecule has 0 aliphatic rings. The van der Waals surface area contributed by atoms with E-state index in [0.717, 1.165) is 13.2 Å². The molecule has 0 aromatic rings. The van der Waals surface area contributed by atoms with Crippen molar-refractivity contribution in [3.8, 4) is 0 Å². The molecule has 0 fully saturated rings. The molecule has 50 valence electrons. The minimum absolute atomic E-state index is 0.844. The molecule has 0 saturated carbocycles. The van der Waals surface area contributed by atoms with E-state index in [-0.39, 0.29) is 0 Å². The predicted octanol–water partition coefficient (Wildman–Crippen LogP) is 0.934. The second-order valence-electron chi connectivity index (χ2n) is 0.911. The Kier molecular flexibility index (Phi) is 21.0. The van der Waals surface area contributed by atoms with Gasteiger partial charge in [0.05, 0.1) is 0 Å². The molecule has 0 aliphatic heterocycles. The van der Waals surface area contributed by atoms with Gasteiger partial charge in [-0.3, -0.25) is 0 Å². The Bertz CT molecular complexity index is 38.3. The largest absolute Gasteiger partial charge is 0.382 e. The standard InChI is InChI=1S/C4H10O.H3N3/c1-3-5-4-2;1-3-2/h3-4H2,1-2H3;(H3,1,2). The zero-order chi connectivity index (χ0) is 6.83. The summed E-state index contributed by atoms with van der Waals surface area (Å²) in [6.07, 6.45) is 0. The Hall–Kier alpha value is -0.640. The third kappa shape index (κ3) is 55.1. The van der Waals surface area contributed by atoms with Crippen LogP contribution in [0.25, 0.3) is 0 Å². The normalized spacial score (nSPS) is 6.75. The number of rotatable bonds is 2. The van der Waals surface area contributed by atoms with E-state index in [2.05, 4.69) is 11.1 Å². The molecule has 0 amide bonds. The van der Waals surface area contributed by atoms with Crippen LogP contribution in [0.2, 0.25) is 0 Å². The molecular formula is C4H13N3O. The van der Waals surface area contributed by atoms with Gasteiger partial charge in [-0.05, 0) is 13.8 Å². The average Bonchev–Trinajstić information content (AvgIpc) is 1.71. The van der Waals surface area contributed by atoms with Crippen molar-refractivity contribution < 1.29 is 4.74 Å². The SMILES string of the molecule is CCOCC.N=NN. The first-order valence-electron chi connectivity index (χ1n) is 2.47. The molecule has 0 rings (SSSR count). The van der Waals surface area contributed by atoms with Gasteiger partial charge in [0.2, 0.25) is 0 Å². The number of nitrogens with zero attached hydrogens (tertiary/aromatic N) is 1. The Balaban J connectivity index is 0. The highest BCUT2D eigenvalue weighted by molar-refractivity contribution is 4.07. The molecule has 0 aromatic heterocycles. The van der Waals surface area contributed by atoms with Crippen molar-refractivity contribution in [3.63, 3.8) is 0 Å². The van der Waals surface area contributed by atoms with Gasteiger partial charge in [-0.1, -0.05) is 5.22 Å². The van der Waals surface area contributed by atoms with Gasteiger partial charge < -0.3 is 10.6 Å². The van der Waals surface area contributed by atoms with Crippen molar-refractivity contribution in [3.05, 3.63) is 0 Å². The highest BCUT2D eigenvalue weighted by Crippen LogP contribution is 1.64. The highest BCUT2D eigenvalue weighted by atomic mass is 16.5. The molecule has 0 atom stereocenters. The van der Waals surface area contributed by atoms with E-state index >= 15 is 0 Å². The Labute approximate surface area is 49.5 Å². The first-order valence-corrected chi connectivity index (χ1v) is 2.47. The lowest BCUT2D eigenvalue weighted by atomic mass is 10.8. The maximum Gasteiger partial charge on any atom is 0.0437 e. The van der Waals surface area contributed by atoms with E-state index in [0.29, 0.717) is 0 Å². The van der Waals surface area contributed by atoms with Gasteiger partial charge in [0.15, 0.2) is 0 Å². The average molecular weight is 119 g/mol. The monoisotopic (exact) mass is 119 g/mol. The van der Waals surface area contributed by atoms with Crippen LogP contribution < -0.4 is 5.84 Å². The quantitative estimate of drug-likeness (QED) is 0.322. The zero-order valence-corrected chi connectivity index (χ0v) is 5.35. The summed E-state index contributed by atoms with van der Waals surface area (Å²) in [5.74, 6) is 4.14. The first kappa shape index (κ1) is 10.4. The van der Waals surface area contributed by atoms with Gasteiger partial charge >= 0.3 is 0 Å². The third-order valence-corrected chi connectivity index (χ3v) is 0.408. The topological polar surface area (TPSA) is 71.5 Å². The van der Waals surface area contributed by atoms with Crippen LogP contribution in [-0.2, 0) is 4.74 Å². The van der Waals surface area contributed by atoms with Crippen LogP contribution in [0.4, 0.5) is 0 Å². The summed E-state index contributed by atoms with van der Waals surface area (Å²) in [5, 5.41) is 2.25. The summed E-state index contributed by atoms with van der Waals surface area (Å²) in [5.41, 5.74) is 5.61. The molecule has 0 aromatic carbocycles. The zero-order valence-electron chi connectivity index (χ0n) is 5.35. The van der Waals surface area contributed by atoms with Crippen LogP contribution in [0.5, 0.6) is 0 Å². The van der Waals surface area contributed by atoms with Gasteiger partial charge in [0.25, 0.3) is 0 Å². The summed E-state index contributed by atoms with van der Waals surface area (Å²) in [4.78, 5) is 0. The Morgan fingerprint density at radius 1 is 1.50 bits per heavy atom. The van der Waals surface area contributed by atoms with Crippen LogP contribution in [0, 0.1) is 5.53 Å². The van der Waals surface area contributed by atoms with Crippen molar-refractivity contribution in [1.29, 1.82) is 5.53 Å². The van der Waals surface area contributed by atoms with Crippen molar-refractivity contribution in [2.24, 2.45) is 11.1 Å². The Morgan fingerprint density at radius 3 is 1.75 bits per heavy atom. The van der Waals surface area contributed by atoms with Gasteiger partial charge in [-0.2, -0.15) is 5.53 Å². The summed E-state index contributed by atoms with van der Waals surface area (Å²) >= 11 is 0. The molecule has 0 unspecified atom stereocenters. The molecule has 4 heteroatoms. The van der Waals surface area contributed by atoms with E-state index in [1.54, 1.807) is 0 Å². The molecule has 0 heterocycles. The molecule has 0 radical (unpaired) electrons. The van der Waals surface area contributed by atoms with E-state index in [4.69, 9.17) is 10.3 Å². The van der Waals surface area contributed by atoms with Crippen LogP contribution in [0.15, 0.2) is 5.22 Å². The fourth-order valence-corrected chi connectivity index (χ4v) is 0.204. The van der Waals surface area contributed by atoms with Crippen molar-refractivity contribution in [2.75, 3.05) is 13.2 Å². The summed E-state index contributed by atoms with van der Waals surface area (Å²) in [6.45, 7) is 5.67. The maximum atomic E-state index is 5.61. The summed E-state index contributed by atoms with van der Waals surface area (Å²) in [6, 6.07) is 0. The molecule has 0 spiro atoms. The van der Waals surface area contributed by atoms with Gasteiger partial charge in [0, 0.05) is 13.2 Å². The third-order valence-electron chi connectivity index (χ3n) is 0.408. The van der Waals surface area contributed by atoms with E-state index < -0.39 is 0 Å². The second kappa shape index (κ2) is 16.2. The number of hydrogen-bond acceptors (Lipinski definition) is 3. The highest BCUT2D eigenvalue weighted by Gasteiger charge is 1.64. The van der Waals surface area contributed by atoms with Crippen LogP contribution >= 0.6 is 0 Å². The lowest BCUT2D eigenvalue weighted by Gasteiger charge is -1.86. The number of hydrogen-bond donors (Lipinski definition) is 2. The summed E-state index contributed by atoms with van der Waals surface area (Å²) in [7, 11) is 0. The van der Waals surface area contributed by atoms with E-state index in [1.807, 2.05) is 13.8 Å². The van der Waals surface area contributed by atoms with Crippen LogP contribution in [-0.4, -0.2) is 13.2 Å². The molecule has 3 N–H and O–H groups in total. The number of ether oxygens (including phenoxy) is 1. The molecule has 0 aliphatic carbocycles.